The van der Waals surface area contributed by atoms with E-state index in [-0.39, 0.29) is 41.1 Å². The Labute approximate surface area is 372 Å². The molecule has 5 fully saturated rings. The molecule has 10 rings (SSSR count). The van der Waals surface area contributed by atoms with Crippen LogP contribution in [0.15, 0.2) is 53.8 Å². The highest BCUT2D eigenvalue weighted by Crippen LogP contribution is 2.62. The molecular weight excluding hydrogens is 819 g/mol. The highest BCUT2D eigenvalue weighted by Gasteiger charge is 2.52. The average Bonchev–Trinajstić information content (AvgIpc) is 3.90. The number of fused-ring (bicyclic) bond motifs is 4. The maximum Gasteiger partial charge on any atom is 0.407 e. The van der Waals surface area contributed by atoms with Crippen molar-refractivity contribution in [3.05, 3.63) is 71.3 Å². The number of aliphatic imine (C=N–C) groups is 1. The SMILES string of the molecule is COC(=O)N[C@H](C(=O)N1CCC[C@H]1C1=NC=C(c2ccc3c(c2)Oc2ccc(-c4cnc([C@@H]5CCCN5C(=O)[C@@H](NC(=O)OC)C5CCOCC5)[nH]4)cc2C32CC2)C1)C1CCOCC1. The van der Waals surface area contributed by atoms with E-state index in [9.17, 15) is 19.2 Å². The standard InChI is InChI=1S/C48H57N7O9/c1-60-46(58)52-41(28-11-19-62-20-12-28)44(56)54-17-3-5-37(54)35-24-32(26-49-35)30-7-9-33-40(25-30)64-39-10-8-31(23-34(39)48(33)15-16-48)36-27-50-43(51-36)38-6-4-18-55(38)45(57)42(53-47(59)61-2)29-13-21-63-22-14-29/h7-10,23,25-29,37-38,41-42H,3-6,11-22,24H2,1-2H3,(H,50,51)(H,52,58)(H,53,59)/t37-,38-,41-,42-/m0/s1. The van der Waals surface area contributed by atoms with Crippen LogP contribution in [-0.2, 0) is 34.0 Å². The Bertz CT molecular complexity index is 2360. The molecule has 1 spiro atoms. The number of rotatable bonds is 10. The Hall–Kier alpha value is -5.74. The summed E-state index contributed by atoms with van der Waals surface area (Å²) in [5.41, 5.74) is 7.14. The fourth-order valence-electron chi connectivity index (χ4n) is 11.1. The topological polar surface area (TPSA) is 186 Å². The van der Waals surface area contributed by atoms with Crippen molar-refractivity contribution >= 4 is 35.3 Å². The first-order valence-electron chi connectivity index (χ1n) is 23.0. The summed E-state index contributed by atoms with van der Waals surface area (Å²) in [5, 5.41) is 5.68. The van der Waals surface area contributed by atoms with Crippen LogP contribution in [0.5, 0.6) is 11.5 Å². The number of alkyl carbamates (subject to hydrolysis) is 2. The first-order valence-corrected chi connectivity index (χ1v) is 23.0. The molecule has 6 aliphatic heterocycles. The molecule has 3 aromatic rings. The first-order chi connectivity index (χ1) is 31.2. The lowest BCUT2D eigenvalue weighted by molar-refractivity contribution is -0.137. The van der Waals surface area contributed by atoms with Crippen LogP contribution in [0.1, 0.15) is 99.2 Å². The molecule has 1 aromatic heterocycles. The summed E-state index contributed by atoms with van der Waals surface area (Å²) in [6.07, 6.45) is 11.3. The number of amides is 4. The number of likely N-dealkylation sites (tertiary alicyclic amines) is 2. The molecule has 0 bridgehead atoms. The molecule has 64 heavy (non-hydrogen) atoms. The summed E-state index contributed by atoms with van der Waals surface area (Å²) in [6, 6.07) is 11.1. The van der Waals surface area contributed by atoms with Crippen LogP contribution in [0.3, 0.4) is 0 Å². The first kappa shape index (κ1) is 42.2. The third-order valence-electron chi connectivity index (χ3n) is 14.7. The van der Waals surface area contributed by atoms with E-state index in [1.54, 1.807) is 0 Å². The number of H-pyrrole nitrogens is 1. The van der Waals surface area contributed by atoms with Crippen molar-refractivity contribution < 1.29 is 42.9 Å². The average molecular weight is 876 g/mol. The predicted molar refractivity (Wildman–Crippen MR) is 235 cm³/mol. The number of carbonyl (C=O) groups is 4. The number of nitrogens with one attached hydrogen (secondary N) is 3. The highest BCUT2D eigenvalue weighted by atomic mass is 16.5. The van der Waals surface area contributed by atoms with Gasteiger partial charge in [0.15, 0.2) is 0 Å². The van der Waals surface area contributed by atoms with Gasteiger partial charge in [0.25, 0.3) is 0 Å². The fraction of sp³-hybridized carbons (Fsp3) is 0.542. The van der Waals surface area contributed by atoms with Crippen molar-refractivity contribution in [2.75, 3.05) is 53.7 Å². The molecule has 338 valence electrons. The van der Waals surface area contributed by atoms with E-state index in [4.69, 9.17) is 33.7 Å². The quantitative estimate of drug-likeness (QED) is 0.206. The summed E-state index contributed by atoms with van der Waals surface area (Å²) < 4.78 is 27.6. The maximum atomic E-state index is 14.1. The van der Waals surface area contributed by atoms with Gasteiger partial charge in [-0.15, -0.1) is 0 Å². The van der Waals surface area contributed by atoms with Crippen LogP contribution in [0.2, 0.25) is 0 Å². The molecule has 0 radical (unpaired) electrons. The second kappa shape index (κ2) is 17.7. The number of nitrogens with zero attached hydrogens (tertiary/aromatic N) is 4. The third kappa shape index (κ3) is 7.92. The third-order valence-corrected chi connectivity index (χ3v) is 14.7. The number of allylic oxidation sites excluding steroid dienone is 1. The van der Waals surface area contributed by atoms with Gasteiger partial charge in [0.05, 0.1) is 38.2 Å². The molecule has 16 nitrogen and oxygen atoms in total. The minimum Gasteiger partial charge on any atom is -0.457 e. The Kier molecular flexibility index (Phi) is 11.7. The highest BCUT2D eigenvalue weighted by molar-refractivity contribution is 6.04. The van der Waals surface area contributed by atoms with E-state index in [2.05, 4.69) is 45.9 Å². The van der Waals surface area contributed by atoms with Gasteiger partial charge in [-0.25, -0.2) is 14.6 Å². The lowest BCUT2D eigenvalue weighted by Crippen LogP contribution is -2.55. The number of hydrogen-bond donors (Lipinski definition) is 3. The van der Waals surface area contributed by atoms with E-state index in [1.807, 2.05) is 28.3 Å². The predicted octanol–water partition coefficient (Wildman–Crippen LogP) is 6.40. The molecule has 4 amide bonds. The van der Waals surface area contributed by atoms with Crippen molar-refractivity contribution in [1.82, 2.24) is 30.4 Å². The molecular formula is C48H57N7O9. The van der Waals surface area contributed by atoms with Crippen molar-refractivity contribution in [1.29, 1.82) is 0 Å². The van der Waals surface area contributed by atoms with E-state index < -0.39 is 24.3 Å². The van der Waals surface area contributed by atoms with Crippen molar-refractivity contribution in [3.63, 3.8) is 0 Å². The molecule has 1 aliphatic carbocycles. The number of imidazole rings is 1. The number of aromatic amines is 1. The number of methoxy groups -OCH3 is 2. The van der Waals surface area contributed by atoms with Gasteiger partial charge in [-0.3, -0.25) is 14.6 Å². The van der Waals surface area contributed by atoms with Crippen molar-refractivity contribution in [2.45, 2.75) is 100 Å². The Morgan fingerprint density at radius 1 is 0.750 bits per heavy atom. The monoisotopic (exact) mass is 875 g/mol. The Morgan fingerprint density at radius 3 is 1.98 bits per heavy atom. The molecule has 4 atom stereocenters. The molecule has 1 saturated carbocycles. The largest absolute Gasteiger partial charge is 0.457 e. The number of ether oxygens (including phenoxy) is 5. The Morgan fingerprint density at radius 2 is 1.36 bits per heavy atom. The van der Waals surface area contributed by atoms with Crippen LogP contribution < -0.4 is 15.4 Å². The van der Waals surface area contributed by atoms with E-state index in [0.29, 0.717) is 71.6 Å². The van der Waals surface area contributed by atoms with Crippen LogP contribution >= 0.6 is 0 Å². The van der Waals surface area contributed by atoms with Gasteiger partial charge in [0.2, 0.25) is 11.8 Å². The molecule has 4 saturated heterocycles. The van der Waals surface area contributed by atoms with Crippen LogP contribution in [-0.4, -0.2) is 121 Å². The maximum absolute atomic E-state index is 14.1. The molecule has 3 N–H and O–H groups in total. The molecule has 7 aliphatic rings. The lowest BCUT2D eigenvalue weighted by atomic mass is 9.83. The summed E-state index contributed by atoms with van der Waals surface area (Å²) in [5.74, 6) is 2.17. The van der Waals surface area contributed by atoms with E-state index in [0.717, 1.165) is 89.5 Å². The molecule has 16 heteroatoms. The zero-order chi connectivity index (χ0) is 44.0. The second-order valence-corrected chi connectivity index (χ2v) is 18.2. The molecule has 0 unspecified atom stereocenters. The normalized spacial score (nSPS) is 23.6. The summed E-state index contributed by atoms with van der Waals surface area (Å²) in [6.45, 7) is 3.45. The minimum absolute atomic E-state index is 0.0198. The minimum atomic E-state index is -0.693. The zero-order valence-corrected chi connectivity index (χ0v) is 36.6. The van der Waals surface area contributed by atoms with Crippen LogP contribution in [0.25, 0.3) is 16.8 Å². The summed E-state index contributed by atoms with van der Waals surface area (Å²) >= 11 is 0. The van der Waals surface area contributed by atoms with Crippen molar-refractivity contribution in [3.8, 4) is 22.8 Å². The number of benzene rings is 2. The van der Waals surface area contributed by atoms with Gasteiger partial charge in [0, 0.05) is 80.0 Å². The van der Waals surface area contributed by atoms with Crippen molar-refractivity contribution in [2.24, 2.45) is 16.8 Å². The number of aromatic nitrogens is 2. The van der Waals surface area contributed by atoms with Gasteiger partial charge in [-0.1, -0.05) is 12.1 Å². The van der Waals surface area contributed by atoms with Gasteiger partial charge in [0.1, 0.15) is 29.4 Å². The number of hydrogen-bond acceptors (Lipinski definition) is 11. The van der Waals surface area contributed by atoms with Crippen LogP contribution in [0, 0.1) is 11.8 Å². The molecule has 7 heterocycles. The number of carbonyl (C=O) groups excluding carboxylic acids is 4. The Balaban J connectivity index is 0.822. The van der Waals surface area contributed by atoms with Gasteiger partial charge in [-0.2, -0.15) is 0 Å². The fourth-order valence-corrected chi connectivity index (χ4v) is 11.1. The zero-order valence-electron chi connectivity index (χ0n) is 36.6. The lowest BCUT2D eigenvalue weighted by Gasteiger charge is -2.34. The van der Waals surface area contributed by atoms with Gasteiger partial charge >= 0.3 is 12.2 Å². The second-order valence-electron chi connectivity index (χ2n) is 18.2. The molecule has 2 aromatic carbocycles. The van der Waals surface area contributed by atoms with Crippen LogP contribution in [0.4, 0.5) is 9.59 Å². The van der Waals surface area contributed by atoms with Gasteiger partial charge in [-0.05, 0) is 111 Å². The van der Waals surface area contributed by atoms with E-state index in [1.165, 1.54) is 19.8 Å². The smallest absolute Gasteiger partial charge is 0.407 e. The van der Waals surface area contributed by atoms with E-state index >= 15 is 0 Å². The van der Waals surface area contributed by atoms with Gasteiger partial charge < -0.3 is 49.1 Å². The summed E-state index contributed by atoms with van der Waals surface area (Å²) in [4.78, 5) is 70.0. The summed E-state index contributed by atoms with van der Waals surface area (Å²) in [7, 11) is 2.63.